The predicted octanol–water partition coefficient (Wildman–Crippen LogP) is 1.53. The fourth-order valence-electron chi connectivity index (χ4n) is 3.06. The van der Waals surface area contributed by atoms with Crippen LogP contribution in [0.25, 0.3) is 0 Å². The minimum atomic E-state index is -0.737. The minimum Gasteiger partial charge on any atom is -0.359 e. The van der Waals surface area contributed by atoms with Gasteiger partial charge in [0.05, 0.1) is 42.6 Å². The number of anilines is 2. The third kappa shape index (κ3) is 5.18. The number of piperazine rings is 1. The van der Waals surface area contributed by atoms with E-state index in [4.69, 9.17) is 11.6 Å². The molecule has 0 bridgehead atoms. The van der Waals surface area contributed by atoms with Crippen molar-refractivity contribution >= 4 is 34.9 Å². The third-order valence-corrected chi connectivity index (χ3v) is 4.77. The van der Waals surface area contributed by atoms with Crippen molar-refractivity contribution in [1.29, 1.82) is 0 Å². The van der Waals surface area contributed by atoms with Gasteiger partial charge in [-0.05, 0) is 24.3 Å². The first-order chi connectivity index (χ1) is 13.0. The number of carbonyl (C=O) groups excluding carboxylic acids is 2. The van der Waals surface area contributed by atoms with Crippen LogP contribution in [0.4, 0.5) is 20.6 Å². The zero-order valence-electron chi connectivity index (χ0n) is 14.7. The predicted molar refractivity (Wildman–Crippen MR) is 103 cm³/mol. The van der Waals surface area contributed by atoms with Gasteiger partial charge in [0.1, 0.15) is 5.82 Å². The molecule has 1 saturated heterocycles. The fraction of sp³-hybridized carbons (Fsp3) is 0.263. The van der Waals surface area contributed by atoms with Crippen molar-refractivity contribution < 1.29 is 18.9 Å². The molecule has 1 fully saturated rings. The Morgan fingerprint density at radius 2 is 1.74 bits per heavy atom. The Balaban J connectivity index is 1.45. The smallest absolute Gasteiger partial charge is 0.326 e. The van der Waals surface area contributed by atoms with Gasteiger partial charge in [-0.1, -0.05) is 35.9 Å². The fourth-order valence-corrected chi connectivity index (χ4v) is 3.32. The first-order valence-electron chi connectivity index (χ1n) is 8.71. The van der Waals surface area contributed by atoms with Crippen LogP contribution in [0.5, 0.6) is 0 Å². The maximum Gasteiger partial charge on any atom is 0.326 e. The lowest BCUT2D eigenvalue weighted by atomic mass is 10.2. The number of nitrogens with zero attached hydrogens (tertiary/aromatic N) is 1. The van der Waals surface area contributed by atoms with Gasteiger partial charge < -0.3 is 15.1 Å². The largest absolute Gasteiger partial charge is 0.359 e. The molecule has 3 amide bonds. The number of rotatable bonds is 4. The van der Waals surface area contributed by atoms with Crippen LogP contribution in [0, 0.1) is 5.82 Å². The number of amides is 3. The molecule has 1 aliphatic heterocycles. The van der Waals surface area contributed by atoms with E-state index in [0.717, 1.165) is 36.8 Å². The van der Waals surface area contributed by atoms with Crippen LogP contribution in [0.3, 0.4) is 0 Å². The van der Waals surface area contributed by atoms with E-state index in [2.05, 4.69) is 15.5 Å². The van der Waals surface area contributed by atoms with Crippen LogP contribution in [-0.2, 0) is 4.79 Å². The highest BCUT2D eigenvalue weighted by atomic mass is 35.5. The van der Waals surface area contributed by atoms with Crippen molar-refractivity contribution in [2.75, 3.05) is 42.9 Å². The zero-order chi connectivity index (χ0) is 19.2. The summed E-state index contributed by atoms with van der Waals surface area (Å²) in [6, 6.07) is 12.7. The molecule has 0 aliphatic carbocycles. The number of hydrogen-bond acceptors (Lipinski definition) is 3. The van der Waals surface area contributed by atoms with Crippen molar-refractivity contribution in [3.8, 4) is 0 Å². The lowest BCUT2D eigenvalue weighted by molar-refractivity contribution is -0.892. The Morgan fingerprint density at radius 3 is 2.44 bits per heavy atom. The van der Waals surface area contributed by atoms with Gasteiger partial charge in [0.15, 0.2) is 6.54 Å². The second-order valence-electron chi connectivity index (χ2n) is 6.35. The third-order valence-electron chi connectivity index (χ3n) is 4.45. The number of urea groups is 1. The highest BCUT2D eigenvalue weighted by Gasteiger charge is 2.24. The lowest BCUT2D eigenvalue weighted by Gasteiger charge is -2.33. The molecule has 27 heavy (non-hydrogen) atoms. The summed E-state index contributed by atoms with van der Waals surface area (Å²) >= 11 is 6.23. The van der Waals surface area contributed by atoms with Crippen LogP contribution in [0.15, 0.2) is 48.5 Å². The molecule has 2 aromatic carbocycles. The number of imide groups is 1. The van der Waals surface area contributed by atoms with Gasteiger partial charge in [0.2, 0.25) is 0 Å². The lowest BCUT2D eigenvalue weighted by Crippen LogP contribution is -3.16. The van der Waals surface area contributed by atoms with Gasteiger partial charge in [-0.15, -0.1) is 0 Å². The number of hydrogen-bond donors (Lipinski definition) is 3. The highest BCUT2D eigenvalue weighted by Crippen LogP contribution is 2.24. The quantitative estimate of drug-likeness (QED) is 0.740. The summed E-state index contributed by atoms with van der Waals surface area (Å²) in [5.74, 6) is -0.952. The van der Waals surface area contributed by atoms with E-state index in [1.165, 1.54) is 18.2 Å². The standard InChI is InChI=1S/C19H20ClFN4O2/c20-14-5-1-4-8-17(14)25-11-9-24(10-12-25)13-18(26)23-19(27)22-16-7-3-2-6-15(16)21/h1-8H,9-13H2,(H2,22,23,26,27)/p+1. The molecule has 1 aliphatic rings. The average molecular weight is 392 g/mol. The van der Waals surface area contributed by atoms with Gasteiger partial charge in [0.25, 0.3) is 5.91 Å². The van der Waals surface area contributed by atoms with Gasteiger partial charge >= 0.3 is 6.03 Å². The number of quaternary nitrogens is 1. The van der Waals surface area contributed by atoms with E-state index in [-0.39, 0.29) is 12.2 Å². The first-order valence-corrected chi connectivity index (χ1v) is 9.09. The van der Waals surface area contributed by atoms with Crippen molar-refractivity contribution in [3.05, 3.63) is 59.4 Å². The number of carbonyl (C=O) groups is 2. The summed E-state index contributed by atoms with van der Waals surface area (Å²) < 4.78 is 13.5. The summed E-state index contributed by atoms with van der Waals surface area (Å²) in [7, 11) is 0. The van der Waals surface area contributed by atoms with Crippen molar-refractivity contribution in [2.45, 2.75) is 0 Å². The minimum absolute atomic E-state index is 0.0310. The van der Waals surface area contributed by atoms with E-state index in [1.54, 1.807) is 6.07 Å². The maximum atomic E-state index is 13.5. The number of benzene rings is 2. The summed E-state index contributed by atoms with van der Waals surface area (Å²) in [5.41, 5.74) is 1.02. The van der Waals surface area contributed by atoms with Crippen LogP contribution < -0.4 is 20.4 Å². The topological polar surface area (TPSA) is 65.9 Å². The second-order valence-corrected chi connectivity index (χ2v) is 6.75. The molecular formula is C19H21ClFN4O2+. The Bertz CT molecular complexity index is 825. The van der Waals surface area contributed by atoms with Crippen LogP contribution in [-0.4, -0.2) is 44.7 Å². The number of para-hydroxylation sites is 2. The molecule has 0 saturated carbocycles. The second kappa shape index (κ2) is 8.83. The molecule has 0 radical (unpaired) electrons. The van der Waals surface area contributed by atoms with E-state index >= 15 is 0 Å². The van der Waals surface area contributed by atoms with E-state index < -0.39 is 17.8 Å². The Hall–Kier alpha value is -2.64. The normalized spacial score (nSPS) is 14.7. The molecule has 142 valence electrons. The molecule has 0 spiro atoms. The molecule has 8 heteroatoms. The van der Waals surface area contributed by atoms with E-state index in [9.17, 15) is 14.0 Å². The van der Waals surface area contributed by atoms with Gasteiger partial charge in [0, 0.05) is 0 Å². The monoisotopic (exact) mass is 391 g/mol. The highest BCUT2D eigenvalue weighted by molar-refractivity contribution is 6.33. The van der Waals surface area contributed by atoms with Gasteiger partial charge in [-0.2, -0.15) is 0 Å². The van der Waals surface area contributed by atoms with Gasteiger partial charge in [-0.3, -0.25) is 10.1 Å². The molecular weight excluding hydrogens is 371 g/mol. The SMILES string of the molecule is O=C(C[NH+]1CCN(c2ccccc2Cl)CC1)NC(=O)Nc1ccccc1F. The van der Waals surface area contributed by atoms with E-state index in [1.807, 2.05) is 24.3 Å². The number of halogens is 2. The molecule has 6 nitrogen and oxygen atoms in total. The summed E-state index contributed by atoms with van der Waals surface area (Å²) in [5, 5.41) is 5.29. The Morgan fingerprint density at radius 1 is 1.07 bits per heavy atom. The summed E-state index contributed by atoms with van der Waals surface area (Å²) in [4.78, 5) is 27.2. The molecule has 1 heterocycles. The molecule has 2 aromatic rings. The van der Waals surface area contributed by atoms with Crippen LogP contribution in [0.1, 0.15) is 0 Å². The molecule has 3 N–H and O–H groups in total. The summed E-state index contributed by atoms with van der Waals surface area (Å²) in [6.45, 7) is 3.24. The van der Waals surface area contributed by atoms with Crippen molar-refractivity contribution in [3.63, 3.8) is 0 Å². The van der Waals surface area contributed by atoms with Crippen molar-refractivity contribution in [1.82, 2.24) is 5.32 Å². The maximum absolute atomic E-state index is 13.5. The Labute approximate surface area is 161 Å². The number of nitrogens with one attached hydrogen (secondary N) is 3. The molecule has 3 rings (SSSR count). The molecule has 0 unspecified atom stereocenters. The first kappa shape index (κ1) is 19.1. The zero-order valence-corrected chi connectivity index (χ0v) is 15.4. The Kier molecular flexibility index (Phi) is 6.26. The van der Waals surface area contributed by atoms with Crippen molar-refractivity contribution in [2.24, 2.45) is 0 Å². The summed E-state index contributed by atoms with van der Waals surface area (Å²) in [6.07, 6.45) is 0. The van der Waals surface area contributed by atoms with E-state index in [0.29, 0.717) is 5.02 Å². The molecule has 0 aromatic heterocycles. The van der Waals surface area contributed by atoms with Crippen LogP contribution in [0.2, 0.25) is 5.02 Å². The van der Waals surface area contributed by atoms with Gasteiger partial charge in [-0.25, -0.2) is 9.18 Å². The van der Waals surface area contributed by atoms with Crippen LogP contribution >= 0.6 is 11.6 Å². The average Bonchev–Trinajstić information content (AvgIpc) is 2.65. The molecule has 0 atom stereocenters.